The van der Waals surface area contributed by atoms with Crippen molar-refractivity contribution in [3.05, 3.63) is 70.2 Å². The van der Waals surface area contributed by atoms with Crippen LogP contribution in [0.1, 0.15) is 18.1 Å². The Morgan fingerprint density at radius 3 is 2.55 bits per heavy atom. The Labute approximate surface area is 127 Å². The lowest BCUT2D eigenvalue weighted by Gasteiger charge is -2.07. The number of halogens is 1. The van der Waals surface area contributed by atoms with Gasteiger partial charge in [0.15, 0.2) is 0 Å². The monoisotopic (exact) mass is 329 g/mol. The number of nitrogens with one attached hydrogen (secondary N) is 1. The van der Waals surface area contributed by atoms with Gasteiger partial charge in [0.05, 0.1) is 0 Å². The van der Waals surface area contributed by atoms with Crippen molar-refractivity contribution in [3.8, 4) is 0 Å². The van der Waals surface area contributed by atoms with Crippen molar-refractivity contribution in [1.29, 1.82) is 0 Å². The van der Waals surface area contributed by atoms with E-state index in [0.717, 1.165) is 27.7 Å². The smallest absolute Gasteiger partial charge is 0.248 e. The number of rotatable bonds is 4. The average Bonchev–Trinajstić information content (AvgIpc) is 2.47. The minimum Gasteiger partial charge on any atom is -0.322 e. The topological polar surface area (TPSA) is 29.1 Å². The summed E-state index contributed by atoms with van der Waals surface area (Å²) in [5.74, 6) is -0.117. The second kappa shape index (κ2) is 7.06. The van der Waals surface area contributed by atoms with E-state index in [1.165, 1.54) is 0 Å². The van der Waals surface area contributed by atoms with Gasteiger partial charge < -0.3 is 5.32 Å². The van der Waals surface area contributed by atoms with E-state index in [-0.39, 0.29) is 5.91 Å². The van der Waals surface area contributed by atoms with Crippen molar-refractivity contribution in [1.82, 2.24) is 0 Å². The zero-order chi connectivity index (χ0) is 14.4. The highest BCUT2D eigenvalue weighted by Crippen LogP contribution is 2.16. The molecule has 2 rings (SSSR count). The Morgan fingerprint density at radius 1 is 1.15 bits per heavy atom. The molecule has 0 heterocycles. The maximum Gasteiger partial charge on any atom is 0.248 e. The molecule has 0 spiro atoms. The van der Waals surface area contributed by atoms with Crippen LogP contribution in [0.25, 0.3) is 6.08 Å². The van der Waals surface area contributed by atoms with E-state index >= 15 is 0 Å². The fourth-order valence-corrected chi connectivity index (χ4v) is 2.14. The first kappa shape index (κ1) is 14.5. The Bertz CT molecular complexity index is 617. The lowest BCUT2D eigenvalue weighted by molar-refractivity contribution is -0.111. The van der Waals surface area contributed by atoms with Crippen molar-refractivity contribution >= 4 is 33.6 Å². The molecule has 0 fully saturated rings. The Balaban J connectivity index is 2.03. The summed E-state index contributed by atoms with van der Waals surface area (Å²) in [6.07, 6.45) is 4.25. The van der Waals surface area contributed by atoms with Crippen molar-refractivity contribution in [2.45, 2.75) is 13.3 Å². The van der Waals surface area contributed by atoms with Crippen molar-refractivity contribution in [2.24, 2.45) is 0 Å². The highest BCUT2D eigenvalue weighted by atomic mass is 79.9. The molecule has 0 radical (unpaired) electrons. The van der Waals surface area contributed by atoms with E-state index < -0.39 is 0 Å². The largest absolute Gasteiger partial charge is 0.322 e. The van der Waals surface area contributed by atoms with Crippen molar-refractivity contribution in [2.75, 3.05) is 5.32 Å². The summed E-state index contributed by atoms with van der Waals surface area (Å²) in [5.41, 5.74) is 3.01. The minimum absolute atomic E-state index is 0.117. The molecule has 0 saturated carbocycles. The maximum atomic E-state index is 11.9. The number of carbonyl (C=O) groups is 1. The molecule has 2 nitrogen and oxygen atoms in total. The van der Waals surface area contributed by atoms with Gasteiger partial charge in [-0.25, -0.2) is 0 Å². The molecule has 0 aromatic heterocycles. The lowest BCUT2D eigenvalue weighted by atomic mass is 10.1. The normalized spacial score (nSPS) is 10.7. The predicted octanol–water partition coefficient (Wildman–Crippen LogP) is 4.66. The molecular formula is C17H16BrNO. The molecule has 20 heavy (non-hydrogen) atoms. The summed E-state index contributed by atoms with van der Waals surface area (Å²) in [5, 5.41) is 2.91. The van der Waals surface area contributed by atoms with Crippen LogP contribution in [0.4, 0.5) is 5.69 Å². The van der Waals surface area contributed by atoms with E-state index in [9.17, 15) is 4.79 Å². The number of carbonyl (C=O) groups excluding carboxylic acids is 1. The second-order valence-electron chi connectivity index (χ2n) is 4.38. The van der Waals surface area contributed by atoms with Gasteiger partial charge in [0.25, 0.3) is 0 Å². The predicted molar refractivity (Wildman–Crippen MR) is 87.6 cm³/mol. The third-order valence-corrected chi connectivity index (χ3v) is 3.48. The number of hydrogen-bond donors (Lipinski definition) is 1. The third kappa shape index (κ3) is 4.07. The molecule has 0 saturated heterocycles. The third-order valence-electron chi connectivity index (χ3n) is 2.95. The summed E-state index contributed by atoms with van der Waals surface area (Å²) in [7, 11) is 0. The summed E-state index contributed by atoms with van der Waals surface area (Å²) in [6.45, 7) is 2.07. The van der Waals surface area contributed by atoms with E-state index in [2.05, 4.69) is 28.2 Å². The fourth-order valence-electron chi connectivity index (χ4n) is 1.87. The molecule has 0 aliphatic rings. The van der Waals surface area contributed by atoms with Crippen LogP contribution in [0.2, 0.25) is 0 Å². The quantitative estimate of drug-likeness (QED) is 0.812. The summed E-state index contributed by atoms with van der Waals surface area (Å²) >= 11 is 3.38. The lowest BCUT2D eigenvalue weighted by Crippen LogP contribution is -2.09. The van der Waals surface area contributed by atoms with Crippen LogP contribution in [-0.4, -0.2) is 5.91 Å². The van der Waals surface area contributed by atoms with Crippen LogP contribution in [0.3, 0.4) is 0 Å². The fraction of sp³-hybridized carbons (Fsp3) is 0.118. The molecule has 102 valence electrons. The van der Waals surface area contributed by atoms with E-state index in [0.29, 0.717) is 0 Å². The van der Waals surface area contributed by atoms with Gasteiger partial charge in [-0.2, -0.15) is 0 Å². The summed E-state index contributed by atoms with van der Waals surface area (Å²) in [4.78, 5) is 11.9. The number of hydrogen-bond acceptors (Lipinski definition) is 1. The van der Waals surface area contributed by atoms with Crippen LogP contribution in [-0.2, 0) is 11.2 Å². The summed E-state index contributed by atoms with van der Waals surface area (Å²) in [6, 6.07) is 15.6. The van der Waals surface area contributed by atoms with Crippen LogP contribution >= 0.6 is 15.9 Å². The van der Waals surface area contributed by atoms with Gasteiger partial charge in [-0.15, -0.1) is 0 Å². The Hall–Kier alpha value is -1.87. The van der Waals surface area contributed by atoms with E-state index in [1.807, 2.05) is 48.5 Å². The number of anilines is 1. The van der Waals surface area contributed by atoms with Crippen LogP contribution < -0.4 is 5.32 Å². The first-order valence-corrected chi connectivity index (χ1v) is 7.31. The Morgan fingerprint density at radius 2 is 1.85 bits per heavy atom. The standard InChI is InChI=1S/C17H16BrNO/c1-2-14-5-3-4-6-16(14)19-17(20)12-9-13-7-10-15(18)11-8-13/h3-12H,2H2,1H3,(H,19,20)/b12-9+. The minimum atomic E-state index is -0.117. The number of benzene rings is 2. The molecule has 0 unspecified atom stereocenters. The average molecular weight is 330 g/mol. The van der Waals surface area contributed by atoms with Gasteiger partial charge in [-0.1, -0.05) is 53.2 Å². The number of amides is 1. The molecule has 0 aliphatic carbocycles. The van der Waals surface area contributed by atoms with E-state index in [1.54, 1.807) is 12.2 Å². The second-order valence-corrected chi connectivity index (χ2v) is 5.30. The van der Waals surface area contributed by atoms with Crippen molar-refractivity contribution in [3.63, 3.8) is 0 Å². The molecule has 2 aromatic rings. The molecule has 1 amide bonds. The Kier molecular flexibility index (Phi) is 5.13. The molecule has 0 aliphatic heterocycles. The number of para-hydroxylation sites is 1. The SMILES string of the molecule is CCc1ccccc1NC(=O)/C=C/c1ccc(Br)cc1. The van der Waals surface area contributed by atoms with Crippen LogP contribution in [0.5, 0.6) is 0 Å². The molecule has 3 heteroatoms. The molecular weight excluding hydrogens is 314 g/mol. The van der Waals surface area contributed by atoms with Crippen LogP contribution in [0, 0.1) is 0 Å². The molecule has 0 bridgehead atoms. The zero-order valence-corrected chi connectivity index (χ0v) is 12.9. The molecule has 0 atom stereocenters. The van der Waals surface area contributed by atoms with Gasteiger partial charge in [0.1, 0.15) is 0 Å². The van der Waals surface area contributed by atoms with Crippen LogP contribution in [0.15, 0.2) is 59.1 Å². The zero-order valence-electron chi connectivity index (χ0n) is 11.3. The molecule has 2 aromatic carbocycles. The van der Waals surface area contributed by atoms with Crippen molar-refractivity contribution < 1.29 is 4.79 Å². The molecule has 1 N–H and O–H groups in total. The van der Waals surface area contributed by atoms with E-state index in [4.69, 9.17) is 0 Å². The maximum absolute atomic E-state index is 11.9. The number of aryl methyl sites for hydroxylation is 1. The highest BCUT2D eigenvalue weighted by molar-refractivity contribution is 9.10. The van der Waals surface area contributed by atoms with Gasteiger partial charge >= 0.3 is 0 Å². The van der Waals surface area contributed by atoms with Gasteiger partial charge in [0, 0.05) is 16.2 Å². The van der Waals surface area contributed by atoms with Gasteiger partial charge in [0.2, 0.25) is 5.91 Å². The van der Waals surface area contributed by atoms with Gasteiger partial charge in [-0.05, 0) is 41.8 Å². The van der Waals surface area contributed by atoms with Gasteiger partial charge in [-0.3, -0.25) is 4.79 Å². The first-order valence-electron chi connectivity index (χ1n) is 6.51. The highest BCUT2D eigenvalue weighted by Gasteiger charge is 2.02. The summed E-state index contributed by atoms with van der Waals surface area (Å²) < 4.78 is 1.02. The first-order chi connectivity index (χ1) is 9.69.